The van der Waals surface area contributed by atoms with Gasteiger partial charge in [0.05, 0.1) is 33.5 Å². The van der Waals surface area contributed by atoms with Crippen LogP contribution < -0.4 is 20.1 Å². The smallest absolute Gasteiger partial charge is 0.263 e. The van der Waals surface area contributed by atoms with Gasteiger partial charge in [-0.15, -0.1) is 11.3 Å². The standard InChI is InChI=1S/C37H44FN7O7S2/c1-4-25-33(42-28-16-23(38)12-13-26(28)40-25)52-24-17-29-31(46)43-37(35(49)44-54(50,51)36(3)14-15-36)18-22(37)10-8-6-5-7-9-11-27(34(48)45(29)19-24)41-32(47)30-21(2)39-20-53-30/h8,10,12-13,16,20,22,24,27,29H,4-7,9,11,14-15,17-19H2,1-3H3,(H,41,47)(H,43,46)(H,44,49)/b10-8-/t22?,24-,27+,29+,37-/m1/s1. The molecule has 2 aliphatic heterocycles. The quantitative estimate of drug-likeness (QED) is 0.285. The molecular formula is C37H44FN7O7S2. The molecule has 3 fully saturated rings. The molecule has 54 heavy (non-hydrogen) atoms. The molecule has 14 nitrogen and oxygen atoms in total. The van der Waals surface area contributed by atoms with E-state index in [1.54, 1.807) is 19.4 Å². The van der Waals surface area contributed by atoms with Crippen LogP contribution in [-0.4, -0.2) is 86.9 Å². The van der Waals surface area contributed by atoms with Crippen LogP contribution in [0.1, 0.15) is 92.7 Å². The zero-order valence-corrected chi connectivity index (χ0v) is 32.0. The second-order valence-corrected chi connectivity index (χ2v) is 18.0. The zero-order valence-electron chi connectivity index (χ0n) is 30.4. The molecule has 3 aromatic rings. The van der Waals surface area contributed by atoms with Crippen LogP contribution in [0.4, 0.5) is 4.39 Å². The third-order valence-corrected chi connectivity index (χ3v) is 14.1. The van der Waals surface area contributed by atoms with Crippen LogP contribution in [0.2, 0.25) is 0 Å². The third kappa shape index (κ3) is 7.44. The minimum absolute atomic E-state index is 0.00715. The van der Waals surface area contributed by atoms with Gasteiger partial charge in [0.2, 0.25) is 27.7 Å². The van der Waals surface area contributed by atoms with Crippen molar-refractivity contribution in [1.82, 2.24) is 35.2 Å². The monoisotopic (exact) mass is 781 g/mol. The van der Waals surface area contributed by atoms with E-state index in [0.717, 1.165) is 24.2 Å². The highest BCUT2D eigenvalue weighted by Crippen LogP contribution is 2.47. The number of rotatable bonds is 8. The number of nitrogens with zero attached hydrogens (tertiary/aromatic N) is 4. The van der Waals surface area contributed by atoms with E-state index in [-0.39, 0.29) is 30.8 Å². The van der Waals surface area contributed by atoms with E-state index in [1.165, 1.54) is 23.1 Å². The molecule has 1 aromatic carbocycles. The lowest BCUT2D eigenvalue weighted by Crippen LogP contribution is -2.58. The first-order valence-electron chi connectivity index (χ1n) is 18.4. The number of ether oxygens (including phenoxy) is 1. The third-order valence-electron chi connectivity index (χ3n) is 11.0. The Labute approximate surface area is 316 Å². The summed E-state index contributed by atoms with van der Waals surface area (Å²) in [5.41, 5.74) is 1.82. The summed E-state index contributed by atoms with van der Waals surface area (Å²) >= 11 is 1.16. The Balaban J connectivity index is 1.21. The van der Waals surface area contributed by atoms with Gasteiger partial charge in [-0.05, 0) is 70.9 Å². The molecule has 4 aliphatic rings. The van der Waals surface area contributed by atoms with E-state index >= 15 is 0 Å². The Hall–Kier alpha value is -4.51. The van der Waals surface area contributed by atoms with Gasteiger partial charge in [-0.1, -0.05) is 31.9 Å². The SMILES string of the molecule is CCc1nc2ccc(F)cc2nc1O[C@@H]1C[C@H]2C(=O)N[C@]3(C(=O)NS(=O)(=O)C4(C)CC4)CC3/C=C\CCCCC[C@H](NC(=O)c3scnc3C)C(=O)N2C1. The minimum Gasteiger partial charge on any atom is -0.471 e. The number of carbonyl (C=O) groups excluding carboxylic acids is 4. The van der Waals surface area contributed by atoms with Crippen LogP contribution in [-0.2, 0) is 30.8 Å². The number of halogens is 1. The van der Waals surface area contributed by atoms with Crippen LogP contribution in [0.5, 0.6) is 5.88 Å². The first-order valence-corrected chi connectivity index (χ1v) is 20.8. The first-order chi connectivity index (χ1) is 25.7. The molecule has 2 aromatic heterocycles. The lowest BCUT2D eigenvalue weighted by Gasteiger charge is -2.30. The largest absolute Gasteiger partial charge is 0.471 e. The Bertz CT molecular complexity index is 2140. The predicted molar refractivity (Wildman–Crippen MR) is 197 cm³/mol. The Morgan fingerprint density at radius 3 is 2.67 bits per heavy atom. The summed E-state index contributed by atoms with van der Waals surface area (Å²) in [6, 6.07) is 1.93. The topological polar surface area (TPSA) is 190 Å². The van der Waals surface area contributed by atoms with E-state index in [1.807, 2.05) is 19.1 Å². The summed E-state index contributed by atoms with van der Waals surface area (Å²) in [6.45, 7) is 5.09. The Morgan fingerprint density at radius 1 is 1.15 bits per heavy atom. The summed E-state index contributed by atoms with van der Waals surface area (Å²) in [7, 11) is -4.00. The molecule has 5 atom stereocenters. The number of benzene rings is 1. The number of sulfonamides is 1. The average molecular weight is 782 g/mol. The number of amides is 4. The number of nitrogens with one attached hydrogen (secondary N) is 3. The number of thiazole rings is 1. The number of aryl methyl sites for hydroxylation is 2. The maximum Gasteiger partial charge on any atom is 0.263 e. The van der Waals surface area contributed by atoms with Gasteiger partial charge < -0.3 is 20.3 Å². The summed E-state index contributed by atoms with van der Waals surface area (Å²) in [5.74, 6) is -3.23. The fourth-order valence-electron chi connectivity index (χ4n) is 7.22. The van der Waals surface area contributed by atoms with Crippen LogP contribution in [0.25, 0.3) is 11.0 Å². The van der Waals surface area contributed by atoms with Crippen LogP contribution in [0, 0.1) is 18.7 Å². The minimum atomic E-state index is -4.00. The van der Waals surface area contributed by atoms with E-state index in [4.69, 9.17) is 4.74 Å². The van der Waals surface area contributed by atoms with E-state index in [2.05, 4.69) is 30.3 Å². The molecule has 288 valence electrons. The van der Waals surface area contributed by atoms with Crippen LogP contribution in [0.15, 0.2) is 35.9 Å². The number of allylic oxidation sites excluding steroid dienone is 1. The summed E-state index contributed by atoms with van der Waals surface area (Å²) in [4.78, 5) is 71.3. The van der Waals surface area contributed by atoms with Gasteiger partial charge >= 0.3 is 0 Å². The fourth-order valence-corrected chi connectivity index (χ4v) is 9.24. The number of hydrogen-bond donors (Lipinski definition) is 3. The zero-order chi connectivity index (χ0) is 38.4. The van der Waals surface area contributed by atoms with E-state index in [9.17, 15) is 32.0 Å². The normalized spacial score (nSPS) is 27.4. The molecular weight excluding hydrogens is 738 g/mol. The second kappa shape index (κ2) is 14.6. The van der Waals surface area contributed by atoms with Gasteiger partial charge in [-0.25, -0.2) is 27.8 Å². The second-order valence-electron chi connectivity index (χ2n) is 15.0. The Morgan fingerprint density at radius 2 is 1.94 bits per heavy atom. The highest BCUT2D eigenvalue weighted by molar-refractivity contribution is 7.91. The van der Waals surface area contributed by atoms with Crippen LogP contribution in [0.3, 0.4) is 0 Å². The molecule has 0 bridgehead atoms. The van der Waals surface area contributed by atoms with E-state index in [0.29, 0.717) is 60.3 Å². The van der Waals surface area contributed by atoms with Crippen LogP contribution >= 0.6 is 11.3 Å². The molecule has 0 spiro atoms. The van der Waals surface area contributed by atoms with Gasteiger partial charge in [0.15, 0.2) is 0 Å². The molecule has 0 radical (unpaired) electrons. The highest BCUT2D eigenvalue weighted by Gasteiger charge is 2.63. The molecule has 1 saturated heterocycles. The van der Waals surface area contributed by atoms with Gasteiger partial charge in [-0.2, -0.15) is 0 Å². The van der Waals surface area contributed by atoms with Gasteiger partial charge in [-0.3, -0.25) is 23.9 Å². The van der Waals surface area contributed by atoms with Gasteiger partial charge in [0.25, 0.3) is 11.8 Å². The molecule has 17 heteroatoms. The van der Waals surface area contributed by atoms with Gasteiger partial charge in [0, 0.05) is 18.4 Å². The number of carbonyl (C=O) groups is 4. The van der Waals surface area contributed by atoms with Crippen molar-refractivity contribution in [3.8, 4) is 5.88 Å². The molecule has 7 rings (SSSR count). The molecule has 4 heterocycles. The molecule has 1 unspecified atom stereocenters. The van der Waals surface area contributed by atoms with Crippen molar-refractivity contribution in [1.29, 1.82) is 0 Å². The number of aromatic nitrogens is 3. The van der Waals surface area contributed by atoms with Crippen molar-refractivity contribution in [3.63, 3.8) is 0 Å². The maximum atomic E-state index is 14.6. The molecule has 4 amide bonds. The highest BCUT2D eigenvalue weighted by atomic mass is 32.2. The Kier molecular flexibility index (Phi) is 10.2. The van der Waals surface area contributed by atoms with Crippen molar-refractivity contribution in [2.24, 2.45) is 5.92 Å². The number of hydrogen-bond acceptors (Lipinski definition) is 11. The summed E-state index contributed by atoms with van der Waals surface area (Å²) < 4.78 is 48.0. The van der Waals surface area contributed by atoms with Crippen molar-refractivity contribution >= 4 is 56.0 Å². The predicted octanol–water partition coefficient (Wildman–Crippen LogP) is 3.64. The molecule has 2 saturated carbocycles. The lowest BCUT2D eigenvalue weighted by molar-refractivity contribution is -0.141. The average Bonchev–Trinajstić information content (AvgIpc) is 3.93. The van der Waals surface area contributed by atoms with E-state index < -0.39 is 73.9 Å². The van der Waals surface area contributed by atoms with Crippen molar-refractivity contribution < 1.29 is 36.7 Å². The van der Waals surface area contributed by atoms with Gasteiger partial charge in [0.1, 0.15) is 40.1 Å². The summed E-state index contributed by atoms with van der Waals surface area (Å²) in [6.07, 6.45) is 7.63. The summed E-state index contributed by atoms with van der Waals surface area (Å²) in [5, 5.41) is 5.76. The first kappa shape index (κ1) is 37.8. The van der Waals surface area contributed by atoms with Crippen molar-refractivity contribution in [3.05, 3.63) is 57.9 Å². The molecule has 2 aliphatic carbocycles. The lowest BCUT2D eigenvalue weighted by atomic mass is 10.0. The number of fused-ring (bicyclic) bond motifs is 3. The van der Waals surface area contributed by atoms with Crippen molar-refractivity contribution in [2.75, 3.05) is 6.54 Å². The fraction of sp³-hybridized carbons (Fsp3) is 0.541. The maximum absolute atomic E-state index is 14.6. The molecule has 3 N–H and O–H groups in total. The van der Waals surface area contributed by atoms with Crippen molar-refractivity contribution in [2.45, 2.75) is 113 Å².